The largest absolute Gasteiger partial charge is 0.448 e. The highest BCUT2D eigenvalue weighted by atomic mass is 19.4. The number of hydrogen-bond acceptors (Lipinski definition) is 4. The number of amides is 1. The predicted molar refractivity (Wildman–Crippen MR) is 117 cm³/mol. The molecule has 0 N–H and O–H groups in total. The van der Waals surface area contributed by atoms with Gasteiger partial charge in [0.15, 0.2) is 6.73 Å². The van der Waals surface area contributed by atoms with Crippen LogP contribution in [0.15, 0.2) is 72.8 Å². The van der Waals surface area contributed by atoms with Crippen LogP contribution >= 0.6 is 0 Å². The van der Waals surface area contributed by atoms with E-state index in [0.29, 0.717) is 5.56 Å². The number of carbonyl (C=O) groups excluding carboxylic acids is 2. The Labute approximate surface area is 193 Å². The number of fused-ring (bicyclic) bond motifs is 3. The van der Waals surface area contributed by atoms with Crippen molar-refractivity contribution < 1.29 is 32.2 Å². The van der Waals surface area contributed by atoms with Gasteiger partial charge in [-0.3, -0.25) is 4.90 Å². The molecule has 5 nitrogen and oxygen atoms in total. The van der Waals surface area contributed by atoms with Crippen LogP contribution in [0, 0.1) is 0 Å². The number of benzene rings is 3. The number of nitrogens with zero attached hydrogens (tertiary/aromatic N) is 1. The summed E-state index contributed by atoms with van der Waals surface area (Å²) in [7, 11) is 0. The lowest BCUT2D eigenvalue weighted by molar-refractivity contribution is -0.139. The molecule has 1 saturated heterocycles. The molecule has 1 atom stereocenters. The lowest BCUT2D eigenvalue weighted by atomic mass is 9.98. The van der Waals surface area contributed by atoms with Gasteiger partial charge >= 0.3 is 18.2 Å². The molecule has 0 bridgehead atoms. The minimum absolute atomic E-state index is 0.0289. The third-order valence-corrected chi connectivity index (χ3v) is 6.28. The third-order valence-electron chi connectivity index (χ3n) is 6.28. The Morgan fingerprint density at radius 3 is 2.12 bits per heavy atom. The van der Waals surface area contributed by atoms with Crippen LogP contribution in [0.5, 0.6) is 0 Å². The summed E-state index contributed by atoms with van der Waals surface area (Å²) in [4.78, 5) is 26.3. The molecule has 1 aliphatic heterocycles. The van der Waals surface area contributed by atoms with Gasteiger partial charge in [-0.05, 0) is 39.9 Å². The van der Waals surface area contributed by atoms with E-state index in [1.54, 1.807) is 0 Å². The van der Waals surface area contributed by atoms with E-state index >= 15 is 0 Å². The first-order valence-corrected chi connectivity index (χ1v) is 10.8. The first-order valence-electron chi connectivity index (χ1n) is 10.8. The molecule has 0 radical (unpaired) electrons. The fourth-order valence-electron chi connectivity index (χ4n) is 4.55. The maximum absolute atomic E-state index is 12.9. The van der Waals surface area contributed by atoms with Crippen molar-refractivity contribution >= 4 is 12.1 Å². The Kier molecular flexibility index (Phi) is 5.51. The topological polar surface area (TPSA) is 55.8 Å². The van der Waals surface area contributed by atoms with E-state index in [1.807, 2.05) is 48.5 Å². The molecule has 1 fully saturated rings. The van der Waals surface area contributed by atoms with Crippen LogP contribution in [0.3, 0.4) is 0 Å². The molecule has 3 aromatic carbocycles. The second kappa shape index (κ2) is 8.52. The van der Waals surface area contributed by atoms with Crippen molar-refractivity contribution in [1.29, 1.82) is 0 Å². The minimum atomic E-state index is -4.45. The normalized spacial score (nSPS) is 17.3. The summed E-state index contributed by atoms with van der Waals surface area (Å²) in [6.07, 6.45) is -5.12. The van der Waals surface area contributed by atoms with Crippen molar-refractivity contribution in [2.75, 3.05) is 13.3 Å². The predicted octanol–water partition coefficient (Wildman–Crippen LogP) is 5.38. The number of carbonyl (C=O) groups is 2. The summed E-state index contributed by atoms with van der Waals surface area (Å²) < 4.78 is 49.1. The van der Waals surface area contributed by atoms with Crippen LogP contribution in [0.25, 0.3) is 11.1 Å². The molecule has 2 aliphatic rings. The molecule has 174 valence electrons. The van der Waals surface area contributed by atoms with Gasteiger partial charge in [0.2, 0.25) is 0 Å². The summed E-state index contributed by atoms with van der Waals surface area (Å²) in [5, 5.41) is 0. The van der Waals surface area contributed by atoms with Gasteiger partial charge in [-0.1, -0.05) is 60.7 Å². The number of halogens is 3. The zero-order valence-corrected chi connectivity index (χ0v) is 17.9. The summed E-state index contributed by atoms with van der Waals surface area (Å²) in [6, 6.07) is 19.4. The highest BCUT2D eigenvalue weighted by Crippen LogP contribution is 2.44. The molecule has 34 heavy (non-hydrogen) atoms. The van der Waals surface area contributed by atoms with Crippen LogP contribution in [-0.4, -0.2) is 36.3 Å². The van der Waals surface area contributed by atoms with Crippen molar-refractivity contribution in [2.24, 2.45) is 0 Å². The molecule has 8 heteroatoms. The Morgan fingerprint density at radius 2 is 1.53 bits per heavy atom. The molecule has 0 spiro atoms. The third kappa shape index (κ3) is 4.00. The number of alkyl halides is 3. The Hall–Kier alpha value is -3.81. The average Bonchev–Trinajstić information content (AvgIpc) is 3.35. The van der Waals surface area contributed by atoms with Gasteiger partial charge in [0.1, 0.15) is 12.6 Å². The van der Waals surface area contributed by atoms with Crippen LogP contribution in [0.4, 0.5) is 18.0 Å². The van der Waals surface area contributed by atoms with Gasteiger partial charge in [0, 0.05) is 12.3 Å². The molecular formula is C26H20F3NO4. The standard InChI is InChI=1S/C26H20F3NO4/c27-26(28,29)17-11-9-16(10-12-17)13-23-24(31)34-15-30(23)25(32)33-14-22-20-7-3-1-5-18(20)19-6-2-4-8-21(19)22/h1-12,22-23H,13-15H2. The van der Waals surface area contributed by atoms with E-state index in [4.69, 9.17) is 9.47 Å². The van der Waals surface area contributed by atoms with Gasteiger partial charge in [-0.15, -0.1) is 0 Å². The Morgan fingerprint density at radius 1 is 0.941 bits per heavy atom. The van der Waals surface area contributed by atoms with Crippen molar-refractivity contribution in [1.82, 2.24) is 4.90 Å². The zero-order valence-electron chi connectivity index (χ0n) is 17.9. The molecule has 1 aliphatic carbocycles. The molecule has 1 unspecified atom stereocenters. The first-order chi connectivity index (χ1) is 16.3. The van der Waals surface area contributed by atoms with Crippen molar-refractivity contribution in [3.8, 4) is 11.1 Å². The van der Waals surface area contributed by atoms with Crippen LogP contribution in [0.1, 0.15) is 28.2 Å². The maximum Gasteiger partial charge on any atom is 0.416 e. The molecule has 5 rings (SSSR count). The SMILES string of the molecule is O=C1OCN(C(=O)OCC2c3ccccc3-c3ccccc32)C1Cc1ccc(C(F)(F)F)cc1. The summed E-state index contributed by atoms with van der Waals surface area (Å²) in [6.45, 7) is -0.175. The highest BCUT2D eigenvalue weighted by molar-refractivity contribution is 5.84. The molecule has 1 heterocycles. The summed E-state index contributed by atoms with van der Waals surface area (Å²) in [5.41, 5.74) is 4.02. The van der Waals surface area contributed by atoms with Crippen LogP contribution in [0.2, 0.25) is 0 Å². The molecular weight excluding hydrogens is 447 g/mol. The van der Waals surface area contributed by atoms with Gasteiger partial charge in [0.25, 0.3) is 0 Å². The number of ether oxygens (including phenoxy) is 2. The van der Waals surface area contributed by atoms with E-state index in [9.17, 15) is 22.8 Å². The summed E-state index contributed by atoms with van der Waals surface area (Å²) in [5.74, 6) is -0.752. The van der Waals surface area contributed by atoms with Crippen molar-refractivity contribution in [2.45, 2.75) is 24.6 Å². The van der Waals surface area contributed by atoms with E-state index in [0.717, 1.165) is 34.4 Å². The highest BCUT2D eigenvalue weighted by Gasteiger charge is 2.40. The lowest BCUT2D eigenvalue weighted by Gasteiger charge is -2.21. The quantitative estimate of drug-likeness (QED) is 0.484. The Balaban J connectivity index is 1.29. The van der Waals surface area contributed by atoms with E-state index in [2.05, 4.69) is 0 Å². The number of hydrogen-bond donors (Lipinski definition) is 0. The first kappa shape index (κ1) is 22.0. The molecule has 3 aromatic rings. The molecule has 0 aromatic heterocycles. The van der Waals surface area contributed by atoms with E-state index in [-0.39, 0.29) is 25.7 Å². The Bertz CT molecular complexity index is 1190. The maximum atomic E-state index is 12.9. The monoisotopic (exact) mass is 467 g/mol. The lowest BCUT2D eigenvalue weighted by Crippen LogP contribution is -2.40. The van der Waals surface area contributed by atoms with E-state index < -0.39 is 29.8 Å². The fourth-order valence-corrected chi connectivity index (χ4v) is 4.55. The van der Waals surface area contributed by atoms with E-state index in [1.165, 1.54) is 17.0 Å². The van der Waals surface area contributed by atoms with Gasteiger partial charge < -0.3 is 9.47 Å². The second-order valence-electron chi connectivity index (χ2n) is 8.28. The number of cyclic esters (lactones) is 1. The zero-order chi connectivity index (χ0) is 23.9. The smallest absolute Gasteiger partial charge is 0.416 e. The molecule has 1 amide bonds. The average molecular weight is 467 g/mol. The van der Waals surface area contributed by atoms with Gasteiger partial charge in [-0.2, -0.15) is 13.2 Å². The van der Waals surface area contributed by atoms with Gasteiger partial charge in [-0.25, -0.2) is 9.59 Å². The van der Waals surface area contributed by atoms with Crippen molar-refractivity contribution in [3.63, 3.8) is 0 Å². The van der Waals surface area contributed by atoms with Crippen LogP contribution < -0.4 is 0 Å². The number of esters is 1. The number of rotatable bonds is 4. The second-order valence-corrected chi connectivity index (χ2v) is 8.28. The fraction of sp³-hybridized carbons (Fsp3) is 0.231. The summed E-state index contributed by atoms with van der Waals surface area (Å²) >= 11 is 0. The molecule has 0 saturated carbocycles. The van der Waals surface area contributed by atoms with Gasteiger partial charge in [0.05, 0.1) is 5.56 Å². The van der Waals surface area contributed by atoms with Crippen molar-refractivity contribution in [3.05, 3.63) is 95.1 Å². The minimum Gasteiger partial charge on any atom is -0.448 e. The van der Waals surface area contributed by atoms with Crippen LogP contribution in [-0.2, 0) is 26.9 Å².